The molecule has 1 aromatic carbocycles. The van der Waals surface area contributed by atoms with E-state index in [-0.39, 0.29) is 30.3 Å². The van der Waals surface area contributed by atoms with E-state index in [1.165, 1.54) is 0 Å². The van der Waals surface area contributed by atoms with E-state index in [0.29, 0.717) is 5.92 Å². The Morgan fingerprint density at radius 1 is 1.30 bits per heavy atom. The molecule has 1 aliphatic heterocycles. The van der Waals surface area contributed by atoms with Crippen molar-refractivity contribution < 1.29 is 4.79 Å². The topological polar surface area (TPSA) is 71.8 Å². The Morgan fingerprint density at radius 2 is 2.00 bits per heavy atom. The van der Waals surface area contributed by atoms with Gasteiger partial charge < -0.3 is 10.6 Å². The highest BCUT2D eigenvalue weighted by molar-refractivity contribution is 5.85. The van der Waals surface area contributed by atoms with Crippen molar-refractivity contribution in [3.8, 4) is 5.69 Å². The first-order valence-electron chi connectivity index (χ1n) is 7.64. The van der Waals surface area contributed by atoms with E-state index in [9.17, 15) is 4.79 Å². The van der Waals surface area contributed by atoms with E-state index in [0.717, 1.165) is 24.5 Å². The summed E-state index contributed by atoms with van der Waals surface area (Å²) in [5, 5.41) is 14.5. The van der Waals surface area contributed by atoms with Crippen LogP contribution in [0.5, 0.6) is 0 Å². The molecule has 3 rings (SSSR count). The zero-order chi connectivity index (χ0) is 15.5. The second-order valence-electron chi connectivity index (χ2n) is 5.86. The van der Waals surface area contributed by atoms with Crippen molar-refractivity contribution in [1.82, 2.24) is 25.6 Å². The summed E-state index contributed by atoms with van der Waals surface area (Å²) in [6.45, 7) is 5.76. The smallest absolute Gasteiger partial charge is 0.223 e. The lowest BCUT2D eigenvalue weighted by Gasteiger charge is -2.32. The molecule has 0 aliphatic carbocycles. The molecule has 1 amide bonds. The van der Waals surface area contributed by atoms with Crippen LogP contribution in [0.15, 0.2) is 36.5 Å². The average molecular weight is 336 g/mol. The molecule has 7 heteroatoms. The number of benzene rings is 1. The van der Waals surface area contributed by atoms with Crippen molar-refractivity contribution in [3.63, 3.8) is 0 Å². The molecule has 1 aliphatic rings. The van der Waals surface area contributed by atoms with Crippen LogP contribution in [-0.2, 0) is 4.79 Å². The number of nitrogens with one attached hydrogen (secondary N) is 2. The van der Waals surface area contributed by atoms with Gasteiger partial charge in [0.25, 0.3) is 0 Å². The SMILES string of the molecule is CC(NC(=O)C(C)C1CNC1)c1cn(-c2ccccc2)nn1.Cl. The molecule has 2 atom stereocenters. The Bertz CT molecular complexity index is 641. The van der Waals surface area contributed by atoms with Gasteiger partial charge in [-0.2, -0.15) is 0 Å². The summed E-state index contributed by atoms with van der Waals surface area (Å²) in [7, 11) is 0. The largest absolute Gasteiger partial charge is 0.348 e. The van der Waals surface area contributed by atoms with Crippen molar-refractivity contribution in [1.29, 1.82) is 0 Å². The summed E-state index contributed by atoms with van der Waals surface area (Å²) < 4.78 is 1.72. The maximum absolute atomic E-state index is 12.2. The fourth-order valence-electron chi connectivity index (χ4n) is 2.48. The zero-order valence-electron chi connectivity index (χ0n) is 13.3. The van der Waals surface area contributed by atoms with Crippen molar-refractivity contribution >= 4 is 18.3 Å². The molecular formula is C16H22ClN5O. The predicted molar refractivity (Wildman–Crippen MR) is 90.7 cm³/mol. The Morgan fingerprint density at radius 3 is 2.61 bits per heavy atom. The second kappa shape index (κ2) is 7.57. The number of para-hydroxylation sites is 1. The highest BCUT2D eigenvalue weighted by Crippen LogP contribution is 2.18. The summed E-state index contributed by atoms with van der Waals surface area (Å²) in [5.41, 5.74) is 1.71. The lowest BCUT2D eigenvalue weighted by Crippen LogP contribution is -2.49. The number of hydrogen-bond donors (Lipinski definition) is 2. The minimum absolute atomic E-state index is 0. The molecule has 0 spiro atoms. The number of carbonyl (C=O) groups is 1. The molecule has 1 aromatic heterocycles. The van der Waals surface area contributed by atoms with Gasteiger partial charge in [0, 0.05) is 5.92 Å². The fourth-order valence-corrected chi connectivity index (χ4v) is 2.48. The lowest BCUT2D eigenvalue weighted by molar-refractivity contribution is -0.127. The van der Waals surface area contributed by atoms with Crippen LogP contribution in [0.1, 0.15) is 25.6 Å². The van der Waals surface area contributed by atoms with Crippen molar-refractivity contribution in [2.75, 3.05) is 13.1 Å². The molecule has 2 aromatic rings. The third kappa shape index (κ3) is 3.89. The van der Waals surface area contributed by atoms with E-state index in [4.69, 9.17) is 0 Å². The monoisotopic (exact) mass is 335 g/mol. The Kier molecular flexibility index (Phi) is 5.74. The number of halogens is 1. The summed E-state index contributed by atoms with van der Waals surface area (Å²) in [5.74, 6) is 0.535. The minimum Gasteiger partial charge on any atom is -0.348 e. The quantitative estimate of drug-likeness (QED) is 0.872. The van der Waals surface area contributed by atoms with Gasteiger partial charge in [0.15, 0.2) is 0 Å². The van der Waals surface area contributed by atoms with Crippen LogP contribution in [0, 0.1) is 11.8 Å². The summed E-state index contributed by atoms with van der Waals surface area (Å²) in [6.07, 6.45) is 1.86. The first-order valence-corrected chi connectivity index (χ1v) is 7.64. The van der Waals surface area contributed by atoms with Crippen molar-refractivity contribution in [2.45, 2.75) is 19.9 Å². The predicted octanol–water partition coefficient (Wildman–Crippen LogP) is 1.72. The Hall–Kier alpha value is -1.92. The number of nitrogens with zero attached hydrogens (tertiary/aromatic N) is 3. The third-order valence-electron chi connectivity index (χ3n) is 4.27. The molecule has 6 nitrogen and oxygen atoms in total. The van der Waals surface area contributed by atoms with Crippen LogP contribution in [0.25, 0.3) is 5.69 Å². The Balaban J connectivity index is 0.00000192. The third-order valence-corrected chi connectivity index (χ3v) is 4.27. The second-order valence-corrected chi connectivity index (χ2v) is 5.86. The molecule has 2 unspecified atom stereocenters. The van der Waals surface area contributed by atoms with Crippen molar-refractivity contribution in [2.24, 2.45) is 11.8 Å². The molecule has 0 saturated carbocycles. The number of amides is 1. The molecule has 23 heavy (non-hydrogen) atoms. The van der Waals surface area contributed by atoms with E-state index < -0.39 is 0 Å². The average Bonchev–Trinajstić information content (AvgIpc) is 2.96. The molecular weight excluding hydrogens is 314 g/mol. The van der Waals surface area contributed by atoms with E-state index in [2.05, 4.69) is 20.9 Å². The molecule has 1 saturated heterocycles. The van der Waals surface area contributed by atoms with Gasteiger partial charge in [-0.25, -0.2) is 4.68 Å². The maximum Gasteiger partial charge on any atom is 0.223 e. The Labute approximate surface area is 142 Å². The molecule has 0 radical (unpaired) electrons. The van der Waals surface area contributed by atoms with E-state index >= 15 is 0 Å². The van der Waals surface area contributed by atoms with Gasteiger partial charge in [0.05, 0.1) is 17.9 Å². The number of rotatable bonds is 5. The van der Waals surface area contributed by atoms with Crippen LogP contribution < -0.4 is 10.6 Å². The fraction of sp³-hybridized carbons (Fsp3) is 0.438. The van der Waals surface area contributed by atoms with Gasteiger partial charge in [0.1, 0.15) is 5.69 Å². The van der Waals surface area contributed by atoms with Crippen LogP contribution in [0.4, 0.5) is 0 Å². The summed E-state index contributed by atoms with van der Waals surface area (Å²) in [6, 6.07) is 9.65. The van der Waals surface area contributed by atoms with Crippen LogP contribution in [0.3, 0.4) is 0 Å². The van der Waals surface area contributed by atoms with Gasteiger partial charge in [-0.15, -0.1) is 17.5 Å². The number of hydrogen-bond acceptors (Lipinski definition) is 4. The normalized spacial score (nSPS) is 16.8. The van der Waals surface area contributed by atoms with Gasteiger partial charge >= 0.3 is 0 Å². The van der Waals surface area contributed by atoms with Crippen LogP contribution in [-0.4, -0.2) is 34.0 Å². The molecule has 1 fully saturated rings. The highest BCUT2D eigenvalue weighted by atomic mass is 35.5. The summed E-state index contributed by atoms with van der Waals surface area (Å²) in [4.78, 5) is 12.2. The summed E-state index contributed by atoms with van der Waals surface area (Å²) >= 11 is 0. The molecule has 2 N–H and O–H groups in total. The van der Waals surface area contributed by atoms with Crippen LogP contribution >= 0.6 is 12.4 Å². The minimum atomic E-state index is -0.152. The van der Waals surface area contributed by atoms with Gasteiger partial charge in [-0.3, -0.25) is 4.79 Å². The van der Waals surface area contributed by atoms with Gasteiger partial charge in [0.2, 0.25) is 5.91 Å². The molecule has 124 valence electrons. The van der Waals surface area contributed by atoms with Gasteiger partial charge in [-0.05, 0) is 38.1 Å². The van der Waals surface area contributed by atoms with E-state index in [1.54, 1.807) is 4.68 Å². The first-order chi connectivity index (χ1) is 10.6. The van der Waals surface area contributed by atoms with Crippen LogP contribution in [0.2, 0.25) is 0 Å². The first kappa shape index (κ1) is 17.4. The van der Waals surface area contributed by atoms with E-state index in [1.807, 2.05) is 50.4 Å². The molecule has 0 bridgehead atoms. The number of carbonyl (C=O) groups excluding carboxylic acids is 1. The number of aromatic nitrogens is 3. The maximum atomic E-state index is 12.2. The van der Waals surface area contributed by atoms with Gasteiger partial charge in [-0.1, -0.05) is 30.3 Å². The van der Waals surface area contributed by atoms with Crippen molar-refractivity contribution in [3.05, 3.63) is 42.2 Å². The molecule has 2 heterocycles. The lowest BCUT2D eigenvalue weighted by atomic mass is 9.88. The zero-order valence-corrected chi connectivity index (χ0v) is 14.1. The highest BCUT2D eigenvalue weighted by Gasteiger charge is 2.29. The standard InChI is InChI=1S/C16H21N5O.ClH/c1-11(13-8-17-9-13)16(22)18-12(2)15-10-21(20-19-15)14-6-4-3-5-7-14;/h3-7,10-13,17H,8-9H2,1-2H3,(H,18,22);1H.